The molecule has 0 saturated carbocycles. The van der Waals surface area contributed by atoms with E-state index in [-0.39, 0.29) is 24.3 Å². The maximum absolute atomic E-state index is 13.3. The molecule has 1 aromatic heterocycles. The molecule has 1 atom stereocenters. The fraction of sp³-hybridized carbons (Fsp3) is 0.292. The van der Waals surface area contributed by atoms with Crippen molar-refractivity contribution in [3.63, 3.8) is 0 Å². The zero-order chi connectivity index (χ0) is 21.5. The number of halogens is 1. The number of thiophene rings is 1. The fourth-order valence-electron chi connectivity index (χ4n) is 3.60. The second-order valence-corrected chi connectivity index (χ2v) is 8.49. The van der Waals surface area contributed by atoms with Crippen LogP contribution in [0, 0.1) is 5.82 Å². The molecule has 1 saturated heterocycles. The second-order valence-electron chi connectivity index (χ2n) is 7.51. The van der Waals surface area contributed by atoms with Crippen LogP contribution in [0.2, 0.25) is 0 Å². The van der Waals surface area contributed by atoms with Crippen molar-refractivity contribution in [2.24, 2.45) is 0 Å². The standard InChI is InChI=1S/C24H26FN3O2S/c25-20-7-5-19(6-8-20)24(22-2-1-15-31-22)26-16-23(29)27-21-9-3-18(4-10-21)17-28-11-13-30-14-12-28/h1-10,15,24,26H,11-14,16-17H2,(H,27,29)/t24-/m1/s1. The molecule has 1 amide bonds. The van der Waals surface area contributed by atoms with Gasteiger partial charge in [-0.25, -0.2) is 4.39 Å². The van der Waals surface area contributed by atoms with Crippen molar-refractivity contribution in [3.8, 4) is 0 Å². The van der Waals surface area contributed by atoms with Crippen molar-refractivity contribution in [2.45, 2.75) is 12.6 Å². The van der Waals surface area contributed by atoms with Crippen LogP contribution < -0.4 is 10.6 Å². The first-order valence-corrected chi connectivity index (χ1v) is 11.3. The molecular weight excluding hydrogens is 413 g/mol. The van der Waals surface area contributed by atoms with Crippen LogP contribution in [0.25, 0.3) is 0 Å². The number of rotatable bonds is 8. The topological polar surface area (TPSA) is 53.6 Å². The van der Waals surface area contributed by atoms with Crippen LogP contribution in [-0.4, -0.2) is 43.7 Å². The van der Waals surface area contributed by atoms with Gasteiger partial charge in [0.15, 0.2) is 0 Å². The van der Waals surface area contributed by atoms with Crippen LogP contribution in [0.15, 0.2) is 66.0 Å². The quantitative estimate of drug-likeness (QED) is 0.556. The van der Waals surface area contributed by atoms with E-state index in [2.05, 4.69) is 15.5 Å². The summed E-state index contributed by atoms with van der Waals surface area (Å²) in [6.07, 6.45) is 0. The molecule has 7 heteroatoms. The number of ether oxygens (including phenoxy) is 1. The van der Waals surface area contributed by atoms with Gasteiger partial charge in [-0.2, -0.15) is 0 Å². The van der Waals surface area contributed by atoms with Gasteiger partial charge in [0.2, 0.25) is 5.91 Å². The molecule has 5 nitrogen and oxygen atoms in total. The summed E-state index contributed by atoms with van der Waals surface area (Å²) in [4.78, 5) is 16.0. The van der Waals surface area contributed by atoms with Gasteiger partial charge in [0.05, 0.1) is 25.8 Å². The molecule has 2 N–H and O–H groups in total. The summed E-state index contributed by atoms with van der Waals surface area (Å²) in [5.74, 6) is -0.395. The maximum atomic E-state index is 13.3. The highest BCUT2D eigenvalue weighted by molar-refractivity contribution is 7.10. The second kappa shape index (κ2) is 10.6. The normalized spacial score (nSPS) is 15.5. The Morgan fingerprint density at radius 2 is 1.81 bits per heavy atom. The minimum absolute atomic E-state index is 0.121. The van der Waals surface area contributed by atoms with E-state index in [4.69, 9.17) is 4.74 Å². The van der Waals surface area contributed by atoms with Crippen LogP contribution in [-0.2, 0) is 16.1 Å². The molecule has 0 unspecified atom stereocenters. The van der Waals surface area contributed by atoms with E-state index < -0.39 is 0 Å². The lowest BCUT2D eigenvalue weighted by atomic mass is 10.1. The van der Waals surface area contributed by atoms with Crippen molar-refractivity contribution in [2.75, 3.05) is 38.2 Å². The monoisotopic (exact) mass is 439 g/mol. The third kappa shape index (κ3) is 6.21. The Morgan fingerprint density at radius 3 is 2.48 bits per heavy atom. The van der Waals surface area contributed by atoms with E-state index in [0.29, 0.717) is 0 Å². The number of morpholine rings is 1. The average Bonchev–Trinajstić information content (AvgIpc) is 3.32. The number of hydrogen-bond acceptors (Lipinski definition) is 5. The Labute approximate surface area is 185 Å². The van der Waals surface area contributed by atoms with Crippen LogP contribution in [0.1, 0.15) is 22.0 Å². The highest BCUT2D eigenvalue weighted by atomic mass is 32.1. The third-order valence-corrected chi connectivity index (χ3v) is 6.18. The van der Waals surface area contributed by atoms with Gasteiger partial charge in [-0.3, -0.25) is 15.0 Å². The van der Waals surface area contributed by atoms with E-state index in [1.54, 1.807) is 23.5 Å². The molecule has 1 aliphatic rings. The van der Waals surface area contributed by atoms with E-state index in [9.17, 15) is 9.18 Å². The molecule has 3 aromatic rings. The Kier molecular flexibility index (Phi) is 7.43. The Hall–Kier alpha value is -2.58. The molecule has 4 rings (SSSR count). The minimum Gasteiger partial charge on any atom is -0.379 e. The van der Waals surface area contributed by atoms with Crippen molar-refractivity contribution in [1.29, 1.82) is 0 Å². The molecule has 0 bridgehead atoms. The number of anilines is 1. The predicted octanol–water partition coefficient (Wildman–Crippen LogP) is 4.04. The van der Waals surface area contributed by atoms with E-state index in [1.807, 2.05) is 41.8 Å². The molecule has 1 aliphatic heterocycles. The van der Waals surface area contributed by atoms with Crippen LogP contribution in [0.3, 0.4) is 0 Å². The Bertz CT molecular complexity index is 956. The fourth-order valence-corrected chi connectivity index (χ4v) is 4.43. The van der Waals surface area contributed by atoms with Gasteiger partial charge in [0, 0.05) is 30.2 Å². The molecule has 2 heterocycles. The molecule has 0 aliphatic carbocycles. The van der Waals surface area contributed by atoms with Gasteiger partial charge >= 0.3 is 0 Å². The SMILES string of the molecule is O=C(CN[C@H](c1ccc(F)cc1)c1cccs1)Nc1ccc(CN2CCOCC2)cc1. The molecule has 1 fully saturated rings. The highest BCUT2D eigenvalue weighted by Crippen LogP contribution is 2.26. The zero-order valence-electron chi connectivity index (χ0n) is 17.2. The predicted molar refractivity (Wildman–Crippen MR) is 122 cm³/mol. The van der Waals surface area contributed by atoms with Crippen LogP contribution in [0.4, 0.5) is 10.1 Å². The lowest BCUT2D eigenvalue weighted by Crippen LogP contribution is -2.35. The summed E-state index contributed by atoms with van der Waals surface area (Å²) in [6, 6.07) is 18.2. The lowest BCUT2D eigenvalue weighted by Gasteiger charge is -2.26. The first-order valence-electron chi connectivity index (χ1n) is 10.4. The average molecular weight is 440 g/mol. The Morgan fingerprint density at radius 1 is 1.06 bits per heavy atom. The van der Waals surface area contributed by atoms with Crippen molar-refractivity contribution in [1.82, 2.24) is 10.2 Å². The lowest BCUT2D eigenvalue weighted by molar-refractivity contribution is -0.115. The van der Waals surface area contributed by atoms with Gasteiger partial charge in [-0.15, -0.1) is 11.3 Å². The molecule has 31 heavy (non-hydrogen) atoms. The largest absolute Gasteiger partial charge is 0.379 e. The molecular formula is C24H26FN3O2S. The summed E-state index contributed by atoms with van der Waals surface area (Å²) in [6.45, 7) is 4.50. The maximum Gasteiger partial charge on any atom is 0.238 e. The zero-order valence-corrected chi connectivity index (χ0v) is 18.0. The van der Waals surface area contributed by atoms with Gasteiger partial charge in [0.25, 0.3) is 0 Å². The number of carbonyl (C=O) groups excluding carboxylic acids is 1. The highest BCUT2D eigenvalue weighted by Gasteiger charge is 2.16. The van der Waals surface area contributed by atoms with Crippen molar-refractivity contribution in [3.05, 3.63) is 87.9 Å². The molecule has 0 spiro atoms. The number of amides is 1. The van der Waals surface area contributed by atoms with Gasteiger partial charge in [-0.05, 0) is 46.8 Å². The minimum atomic E-state index is -0.275. The molecule has 2 aromatic carbocycles. The van der Waals surface area contributed by atoms with Gasteiger partial charge < -0.3 is 10.1 Å². The van der Waals surface area contributed by atoms with Gasteiger partial charge in [-0.1, -0.05) is 30.3 Å². The van der Waals surface area contributed by atoms with Crippen molar-refractivity contribution >= 4 is 22.9 Å². The molecule has 162 valence electrons. The summed E-state index contributed by atoms with van der Waals surface area (Å²) in [5, 5.41) is 8.24. The number of nitrogens with one attached hydrogen (secondary N) is 2. The summed E-state index contributed by atoms with van der Waals surface area (Å²) in [5.41, 5.74) is 2.91. The number of carbonyl (C=O) groups is 1. The summed E-state index contributed by atoms with van der Waals surface area (Å²) >= 11 is 1.60. The Balaban J connectivity index is 1.32. The van der Waals surface area contributed by atoms with E-state index in [0.717, 1.165) is 49.0 Å². The molecule has 0 radical (unpaired) electrons. The van der Waals surface area contributed by atoms with Crippen LogP contribution in [0.5, 0.6) is 0 Å². The summed E-state index contributed by atoms with van der Waals surface area (Å²) < 4.78 is 18.7. The van der Waals surface area contributed by atoms with E-state index >= 15 is 0 Å². The first kappa shape index (κ1) is 21.6. The summed E-state index contributed by atoms with van der Waals surface area (Å²) in [7, 11) is 0. The van der Waals surface area contributed by atoms with Crippen molar-refractivity contribution < 1.29 is 13.9 Å². The first-order chi connectivity index (χ1) is 15.2. The number of benzene rings is 2. The van der Waals surface area contributed by atoms with Crippen LogP contribution >= 0.6 is 11.3 Å². The van der Waals surface area contributed by atoms with E-state index in [1.165, 1.54) is 17.7 Å². The number of hydrogen-bond donors (Lipinski definition) is 2. The number of nitrogens with zero attached hydrogens (tertiary/aromatic N) is 1. The third-order valence-electron chi connectivity index (χ3n) is 5.25. The smallest absolute Gasteiger partial charge is 0.238 e. The van der Waals surface area contributed by atoms with Gasteiger partial charge in [0.1, 0.15) is 5.82 Å².